The van der Waals surface area contributed by atoms with Crippen molar-refractivity contribution in [1.82, 2.24) is 15.3 Å². The topological polar surface area (TPSA) is 76.2 Å². The summed E-state index contributed by atoms with van der Waals surface area (Å²) in [5.74, 6) is 1.41. The maximum absolute atomic E-state index is 12.2. The van der Waals surface area contributed by atoms with Crippen molar-refractivity contribution in [3.05, 3.63) is 60.4 Å². The van der Waals surface area contributed by atoms with Crippen LogP contribution in [0.3, 0.4) is 0 Å². The minimum atomic E-state index is 0.00221. The third-order valence-corrected chi connectivity index (χ3v) is 5.06. The number of imidazole rings is 1. The SMILES string of the molecule is COCOc1ccc(C(=O)NC2CCCC(C)C2)cc1.c1ccc2[nH]cnc2c1. The summed E-state index contributed by atoms with van der Waals surface area (Å²) in [6.45, 7) is 2.46. The van der Waals surface area contributed by atoms with E-state index in [1.165, 1.54) is 12.8 Å². The number of aromatic nitrogens is 2. The predicted molar refractivity (Wildman–Crippen MR) is 114 cm³/mol. The van der Waals surface area contributed by atoms with Gasteiger partial charge in [-0.2, -0.15) is 0 Å². The number of hydrogen-bond donors (Lipinski definition) is 2. The maximum Gasteiger partial charge on any atom is 0.251 e. The van der Waals surface area contributed by atoms with Crippen LogP contribution in [0.15, 0.2) is 54.9 Å². The molecule has 0 saturated heterocycles. The largest absolute Gasteiger partial charge is 0.468 e. The number of benzene rings is 2. The van der Waals surface area contributed by atoms with E-state index < -0.39 is 0 Å². The Balaban J connectivity index is 0.000000220. The molecule has 6 nitrogen and oxygen atoms in total. The fraction of sp³-hybridized carbons (Fsp3) is 0.391. The van der Waals surface area contributed by atoms with Crippen LogP contribution >= 0.6 is 0 Å². The third kappa shape index (κ3) is 6.32. The molecule has 0 bridgehead atoms. The molecular weight excluding hydrogens is 366 g/mol. The Labute approximate surface area is 171 Å². The van der Waals surface area contributed by atoms with E-state index >= 15 is 0 Å². The van der Waals surface area contributed by atoms with Gasteiger partial charge in [-0.15, -0.1) is 0 Å². The number of nitrogens with one attached hydrogen (secondary N) is 2. The number of nitrogens with zero attached hydrogens (tertiary/aromatic N) is 1. The van der Waals surface area contributed by atoms with Crippen molar-refractivity contribution in [2.75, 3.05) is 13.9 Å². The van der Waals surface area contributed by atoms with E-state index in [1.807, 2.05) is 24.3 Å². The number of rotatable bonds is 5. The van der Waals surface area contributed by atoms with Crippen LogP contribution in [0.25, 0.3) is 11.0 Å². The van der Waals surface area contributed by atoms with Crippen molar-refractivity contribution >= 4 is 16.9 Å². The molecule has 1 aliphatic rings. The van der Waals surface area contributed by atoms with Gasteiger partial charge in [0.25, 0.3) is 5.91 Å². The van der Waals surface area contributed by atoms with Gasteiger partial charge in [-0.1, -0.05) is 31.9 Å². The van der Waals surface area contributed by atoms with Gasteiger partial charge in [-0.3, -0.25) is 4.79 Å². The Morgan fingerprint density at radius 3 is 2.69 bits per heavy atom. The zero-order chi connectivity index (χ0) is 20.5. The van der Waals surface area contributed by atoms with Crippen LogP contribution in [0.1, 0.15) is 43.0 Å². The Morgan fingerprint density at radius 2 is 1.97 bits per heavy atom. The van der Waals surface area contributed by atoms with Gasteiger partial charge in [0.15, 0.2) is 6.79 Å². The molecule has 2 atom stereocenters. The van der Waals surface area contributed by atoms with Crippen LogP contribution in [0.2, 0.25) is 0 Å². The van der Waals surface area contributed by atoms with Crippen molar-refractivity contribution in [1.29, 1.82) is 0 Å². The second-order valence-corrected chi connectivity index (χ2v) is 7.44. The van der Waals surface area contributed by atoms with Gasteiger partial charge in [0.1, 0.15) is 5.75 Å². The molecule has 1 saturated carbocycles. The van der Waals surface area contributed by atoms with E-state index in [9.17, 15) is 4.79 Å². The lowest BCUT2D eigenvalue weighted by molar-refractivity contribution is 0.0511. The fourth-order valence-electron chi connectivity index (χ4n) is 3.54. The van der Waals surface area contributed by atoms with Crippen molar-refractivity contribution in [3.63, 3.8) is 0 Å². The first-order valence-electron chi connectivity index (χ1n) is 10.1. The van der Waals surface area contributed by atoms with Crippen LogP contribution in [0.5, 0.6) is 5.75 Å². The monoisotopic (exact) mass is 395 g/mol. The van der Waals surface area contributed by atoms with E-state index in [0.717, 1.165) is 23.9 Å². The summed E-state index contributed by atoms with van der Waals surface area (Å²) in [7, 11) is 1.58. The standard InChI is InChI=1S/C16H23NO3.C7H6N2/c1-12-4-3-5-14(10-12)17-16(18)13-6-8-15(9-7-13)20-11-19-2;1-2-4-7-6(3-1)8-5-9-7/h6-9,12,14H,3-5,10-11H2,1-2H3,(H,17,18);1-5H,(H,8,9). The average molecular weight is 396 g/mol. The molecule has 2 N–H and O–H groups in total. The highest BCUT2D eigenvalue weighted by Gasteiger charge is 2.20. The van der Waals surface area contributed by atoms with Crippen LogP contribution < -0.4 is 10.1 Å². The summed E-state index contributed by atoms with van der Waals surface area (Å²) in [4.78, 5) is 19.2. The molecule has 1 aliphatic carbocycles. The first-order valence-corrected chi connectivity index (χ1v) is 10.1. The Bertz CT molecular complexity index is 862. The van der Waals surface area contributed by atoms with E-state index in [0.29, 0.717) is 23.3 Å². The van der Waals surface area contributed by atoms with Gasteiger partial charge in [0.05, 0.1) is 17.4 Å². The first-order chi connectivity index (χ1) is 14.2. The van der Waals surface area contributed by atoms with Gasteiger partial charge >= 0.3 is 0 Å². The number of hydrogen-bond acceptors (Lipinski definition) is 4. The molecule has 3 aromatic rings. The van der Waals surface area contributed by atoms with Gasteiger partial charge in [0.2, 0.25) is 0 Å². The molecule has 1 heterocycles. The summed E-state index contributed by atoms with van der Waals surface area (Å²) in [6.07, 6.45) is 6.35. The number of ether oxygens (including phenoxy) is 2. The number of carbonyl (C=O) groups is 1. The smallest absolute Gasteiger partial charge is 0.251 e. The lowest BCUT2D eigenvalue weighted by Crippen LogP contribution is -2.37. The number of H-pyrrole nitrogens is 1. The van der Waals surface area contributed by atoms with E-state index in [1.54, 1.807) is 37.7 Å². The second kappa shape index (κ2) is 10.6. The molecule has 2 unspecified atom stereocenters. The molecule has 0 aliphatic heterocycles. The molecule has 4 rings (SSSR count). The Morgan fingerprint density at radius 1 is 1.17 bits per heavy atom. The zero-order valence-electron chi connectivity index (χ0n) is 17.1. The van der Waals surface area contributed by atoms with Crippen molar-refractivity contribution in [2.24, 2.45) is 5.92 Å². The van der Waals surface area contributed by atoms with Crippen LogP contribution in [-0.4, -0.2) is 35.8 Å². The highest BCUT2D eigenvalue weighted by atomic mass is 16.7. The fourth-order valence-corrected chi connectivity index (χ4v) is 3.54. The summed E-state index contributed by atoms with van der Waals surface area (Å²) in [5, 5.41) is 3.12. The van der Waals surface area contributed by atoms with Crippen LogP contribution in [0.4, 0.5) is 0 Å². The molecule has 29 heavy (non-hydrogen) atoms. The molecule has 0 radical (unpaired) electrons. The number of aromatic amines is 1. The highest BCUT2D eigenvalue weighted by molar-refractivity contribution is 5.94. The minimum absolute atomic E-state index is 0.00221. The maximum atomic E-state index is 12.2. The third-order valence-electron chi connectivity index (χ3n) is 5.06. The van der Waals surface area contributed by atoms with E-state index in [2.05, 4.69) is 22.2 Å². The molecule has 6 heteroatoms. The molecule has 0 spiro atoms. The average Bonchev–Trinajstić information content (AvgIpc) is 3.22. The van der Waals surface area contributed by atoms with Crippen molar-refractivity contribution in [2.45, 2.75) is 38.6 Å². The molecule has 154 valence electrons. The second-order valence-electron chi connectivity index (χ2n) is 7.44. The first kappa shape index (κ1) is 20.9. The number of fused-ring (bicyclic) bond motifs is 1. The molecular formula is C23H29N3O3. The summed E-state index contributed by atoms with van der Waals surface area (Å²) in [5.41, 5.74) is 2.79. The van der Waals surface area contributed by atoms with Gasteiger partial charge in [0, 0.05) is 18.7 Å². The lowest BCUT2D eigenvalue weighted by atomic mass is 9.87. The Kier molecular flexibility index (Phi) is 7.64. The quantitative estimate of drug-likeness (QED) is 0.622. The number of methoxy groups -OCH3 is 1. The highest BCUT2D eigenvalue weighted by Crippen LogP contribution is 2.23. The van der Waals surface area contributed by atoms with Crippen molar-refractivity contribution in [3.8, 4) is 5.75 Å². The van der Waals surface area contributed by atoms with Crippen LogP contribution in [-0.2, 0) is 4.74 Å². The van der Waals surface area contributed by atoms with Gasteiger partial charge in [-0.05, 0) is 55.2 Å². The zero-order valence-corrected chi connectivity index (χ0v) is 17.1. The summed E-state index contributed by atoms with van der Waals surface area (Å²) in [6, 6.07) is 15.4. The van der Waals surface area contributed by atoms with Crippen molar-refractivity contribution < 1.29 is 14.3 Å². The normalized spacial score (nSPS) is 18.6. The van der Waals surface area contributed by atoms with Crippen LogP contribution in [0, 0.1) is 5.92 Å². The summed E-state index contributed by atoms with van der Waals surface area (Å²) < 4.78 is 10.1. The molecule has 1 aromatic heterocycles. The number of para-hydroxylation sites is 2. The predicted octanol–water partition coefficient (Wildman–Crippen LogP) is 4.54. The lowest BCUT2D eigenvalue weighted by Gasteiger charge is -2.27. The molecule has 1 fully saturated rings. The van der Waals surface area contributed by atoms with E-state index in [-0.39, 0.29) is 12.7 Å². The minimum Gasteiger partial charge on any atom is -0.468 e. The molecule has 2 aromatic carbocycles. The van der Waals surface area contributed by atoms with Gasteiger partial charge in [-0.25, -0.2) is 4.98 Å². The number of amides is 1. The van der Waals surface area contributed by atoms with E-state index in [4.69, 9.17) is 9.47 Å². The van der Waals surface area contributed by atoms with Gasteiger partial charge < -0.3 is 19.8 Å². The summed E-state index contributed by atoms with van der Waals surface area (Å²) >= 11 is 0. The Hall–Kier alpha value is -2.86. The number of carbonyl (C=O) groups excluding carboxylic acids is 1. The molecule has 1 amide bonds.